The van der Waals surface area contributed by atoms with Crippen molar-refractivity contribution in [1.82, 2.24) is 0 Å². The van der Waals surface area contributed by atoms with Crippen molar-refractivity contribution in [2.45, 2.75) is 4.90 Å². The van der Waals surface area contributed by atoms with Gasteiger partial charge in [0.2, 0.25) is 0 Å². The first kappa shape index (κ1) is 17.4. The number of halogens is 3. The van der Waals surface area contributed by atoms with Crippen LogP contribution < -0.4 is 4.74 Å². The number of carbonyl (C=O) groups is 1. The third kappa shape index (κ3) is 3.98. The van der Waals surface area contributed by atoms with Crippen LogP contribution in [0.5, 0.6) is 5.75 Å². The van der Waals surface area contributed by atoms with E-state index in [1.807, 2.05) is 36.4 Å². The fourth-order valence-electron chi connectivity index (χ4n) is 2.23. The number of fused-ring (bicyclic) bond motifs is 1. The van der Waals surface area contributed by atoms with Crippen LogP contribution in [0.15, 0.2) is 59.5 Å². The molecule has 24 heavy (non-hydrogen) atoms. The van der Waals surface area contributed by atoms with E-state index in [1.54, 1.807) is 12.1 Å². The second kappa shape index (κ2) is 7.66. The van der Waals surface area contributed by atoms with E-state index in [2.05, 4.69) is 0 Å². The van der Waals surface area contributed by atoms with Crippen LogP contribution in [-0.2, 0) is 4.79 Å². The van der Waals surface area contributed by atoms with Crippen molar-refractivity contribution in [2.75, 3.05) is 5.75 Å². The van der Waals surface area contributed by atoms with E-state index >= 15 is 0 Å². The summed E-state index contributed by atoms with van der Waals surface area (Å²) in [6, 6.07) is 16.3. The Bertz CT molecular complexity index is 907. The van der Waals surface area contributed by atoms with Crippen LogP contribution in [-0.4, -0.2) is 11.7 Å². The van der Waals surface area contributed by atoms with E-state index in [9.17, 15) is 4.79 Å². The van der Waals surface area contributed by atoms with E-state index in [4.69, 9.17) is 39.5 Å². The topological polar surface area (TPSA) is 26.3 Å². The summed E-state index contributed by atoms with van der Waals surface area (Å²) in [7, 11) is 0. The second-order valence-corrected chi connectivity index (χ2v) is 7.20. The predicted octanol–water partition coefficient (Wildman–Crippen LogP) is 6.50. The molecular formula is C18H11Cl3O2S. The summed E-state index contributed by atoms with van der Waals surface area (Å²) in [5.74, 6) is -0.0216. The molecule has 0 unspecified atom stereocenters. The van der Waals surface area contributed by atoms with Gasteiger partial charge in [0, 0.05) is 26.4 Å². The maximum absolute atomic E-state index is 12.1. The minimum atomic E-state index is -0.409. The molecule has 0 atom stereocenters. The first-order chi connectivity index (χ1) is 11.5. The number of hydrogen-bond acceptors (Lipinski definition) is 3. The van der Waals surface area contributed by atoms with E-state index < -0.39 is 5.97 Å². The van der Waals surface area contributed by atoms with E-state index in [1.165, 1.54) is 17.8 Å². The van der Waals surface area contributed by atoms with E-state index in [0.29, 0.717) is 15.1 Å². The lowest BCUT2D eigenvalue weighted by Gasteiger charge is -2.09. The molecule has 0 aliphatic carbocycles. The molecule has 0 aliphatic rings. The van der Waals surface area contributed by atoms with Crippen LogP contribution in [0.2, 0.25) is 15.1 Å². The van der Waals surface area contributed by atoms with Crippen LogP contribution in [0, 0.1) is 0 Å². The molecule has 2 nitrogen and oxygen atoms in total. The third-order valence-corrected chi connectivity index (χ3v) is 5.17. The first-order valence-electron chi connectivity index (χ1n) is 7.00. The van der Waals surface area contributed by atoms with Gasteiger partial charge in [-0.2, -0.15) is 0 Å². The van der Waals surface area contributed by atoms with Gasteiger partial charge < -0.3 is 4.74 Å². The summed E-state index contributed by atoms with van der Waals surface area (Å²) < 4.78 is 5.28. The zero-order chi connectivity index (χ0) is 17.1. The van der Waals surface area contributed by atoms with E-state index in [0.717, 1.165) is 15.7 Å². The van der Waals surface area contributed by atoms with Gasteiger partial charge in [0.05, 0.1) is 10.8 Å². The van der Waals surface area contributed by atoms with Crippen molar-refractivity contribution >= 4 is 63.3 Å². The number of benzene rings is 3. The molecule has 0 N–H and O–H groups in total. The highest BCUT2D eigenvalue weighted by molar-refractivity contribution is 8.00. The zero-order valence-electron chi connectivity index (χ0n) is 12.3. The summed E-state index contributed by atoms with van der Waals surface area (Å²) in [6.07, 6.45) is 0. The van der Waals surface area contributed by atoms with E-state index in [-0.39, 0.29) is 11.5 Å². The van der Waals surface area contributed by atoms with Crippen molar-refractivity contribution in [2.24, 2.45) is 0 Å². The zero-order valence-corrected chi connectivity index (χ0v) is 15.3. The Hall–Kier alpha value is -1.39. The molecule has 3 aromatic rings. The molecular weight excluding hydrogens is 387 g/mol. The molecule has 122 valence electrons. The minimum absolute atomic E-state index is 0.132. The number of ether oxygens (including phenoxy) is 1. The molecule has 3 rings (SSSR count). The molecule has 0 aliphatic heterocycles. The van der Waals surface area contributed by atoms with Crippen molar-refractivity contribution in [3.05, 3.63) is 69.7 Å². The average Bonchev–Trinajstić information content (AvgIpc) is 2.56. The number of hydrogen-bond donors (Lipinski definition) is 0. The fraction of sp³-hybridized carbons (Fsp3) is 0.0556. The Morgan fingerprint density at radius 1 is 0.958 bits per heavy atom. The normalized spacial score (nSPS) is 10.8. The summed E-state index contributed by atoms with van der Waals surface area (Å²) in [5.41, 5.74) is 0. The van der Waals surface area contributed by atoms with Crippen molar-refractivity contribution in [1.29, 1.82) is 0 Å². The Morgan fingerprint density at radius 2 is 1.71 bits per heavy atom. The highest BCUT2D eigenvalue weighted by Gasteiger charge is 2.12. The largest absolute Gasteiger partial charge is 0.424 e. The molecule has 0 bridgehead atoms. The summed E-state index contributed by atoms with van der Waals surface area (Å²) in [6.45, 7) is 0. The average molecular weight is 398 g/mol. The molecule has 0 radical (unpaired) electrons. The molecule has 0 amide bonds. The molecule has 3 aromatic carbocycles. The Kier molecular flexibility index (Phi) is 5.57. The summed E-state index contributed by atoms with van der Waals surface area (Å²) in [4.78, 5) is 13.0. The van der Waals surface area contributed by atoms with Crippen LogP contribution >= 0.6 is 46.6 Å². The quantitative estimate of drug-likeness (QED) is 0.285. The van der Waals surface area contributed by atoms with Gasteiger partial charge in [-0.25, -0.2) is 0 Å². The maximum atomic E-state index is 12.1. The smallest absolute Gasteiger partial charge is 0.321 e. The maximum Gasteiger partial charge on any atom is 0.321 e. The summed E-state index contributed by atoms with van der Waals surface area (Å²) >= 11 is 19.5. The third-order valence-electron chi connectivity index (χ3n) is 3.28. The van der Waals surface area contributed by atoms with Crippen molar-refractivity contribution < 1.29 is 9.53 Å². The Balaban J connectivity index is 1.74. The van der Waals surface area contributed by atoms with Crippen LogP contribution in [0.25, 0.3) is 10.8 Å². The number of rotatable bonds is 4. The van der Waals surface area contributed by atoms with Gasteiger partial charge in [-0.15, -0.1) is 11.8 Å². The van der Waals surface area contributed by atoms with Crippen LogP contribution in [0.4, 0.5) is 0 Å². The Labute approximate surface area is 158 Å². The van der Waals surface area contributed by atoms with Gasteiger partial charge >= 0.3 is 5.97 Å². The molecule has 0 spiro atoms. The molecule has 0 saturated carbocycles. The number of carbonyl (C=O) groups excluding carboxylic acids is 1. The Morgan fingerprint density at radius 3 is 2.50 bits per heavy atom. The summed E-state index contributed by atoms with van der Waals surface area (Å²) in [5, 5.41) is 3.41. The SMILES string of the molecule is O=C(CSc1cccc2cccc(Cl)c12)Oc1cc(Cl)ccc1Cl. The molecule has 0 saturated heterocycles. The van der Waals surface area contributed by atoms with Gasteiger partial charge in [-0.1, -0.05) is 59.1 Å². The first-order valence-corrected chi connectivity index (χ1v) is 9.12. The van der Waals surface area contributed by atoms with Gasteiger partial charge in [0.25, 0.3) is 0 Å². The second-order valence-electron chi connectivity index (χ2n) is 4.93. The number of esters is 1. The van der Waals surface area contributed by atoms with Crippen LogP contribution in [0.1, 0.15) is 0 Å². The molecule has 0 heterocycles. The number of thioether (sulfide) groups is 1. The molecule has 0 fully saturated rings. The fourth-order valence-corrected chi connectivity index (χ4v) is 3.76. The van der Waals surface area contributed by atoms with Crippen LogP contribution in [0.3, 0.4) is 0 Å². The highest BCUT2D eigenvalue weighted by atomic mass is 35.5. The van der Waals surface area contributed by atoms with Gasteiger partial charge in [0.1, 0.15) is 0 Å². The van der Waals surface area contributed by atoms with Gasteiger partial charge in [-0.05, 0) is 29.7 Å². The lowest BCUT2D eigenvalue weighted by atomic mass is 10.1. The molecule has 6 heteroatoms. The van der Waals surface area contributed by atoms with Gasteiger partial charge in [-0.3, -0.25) is 4.79 Å². The van der Waals surface area contributed by atoms with Gasteiger partial charge in [0.15, 0.2) is 5.75 Å². The lowest BCUT2D eigenvalue weighted by Crippen LogP contribution is -2.11. The standard InChI is InChI=1S/C18H11Cl3O2S/c19-12-7-8-13(20)15(9-12)23-17(22)10-24-16-6-2-4-11-3-1-5-14(21)18(11)16/h1-9H,10H2. The monoisotopic (exact) mass is 396 g/mol. The minimum Gasteiger partial charge on any atom is -0.424 e. The van der Waals surface area contributed by atoms with Crippen molar-refractivity contribution in [3.8, 4) is 5.75 Å². The van der Waals surface area contributed by atoms with Crippen molar-refractivity contribution in [3.63, 3.8) is 0 Å². The lowest BCUT2D eigenvalue weighted by molar-refractivity contribution is -0.131. The predicted molar refractivity (Wildman–Crippen MR) is 102 cm³/mol. The molecule has 0 aromatic heterocycles. The highest BCUT2D eigenvalue weighted by Crippen LogP contribution is 2.33.